The standard InChI is InChI=1S/C21H23FN4/c1-16-15-20(23-13-11-18-7-9-19(22)10-8-18)26-21(25-16)24-14-12-17-5-3-2-4-6-17/h2-10,15H,11-14H2,1H3,(H2,23,24,25,26). The summed E-state index contributed by atoms with van der Waals surface area (Å²) in [4.78, 5) is 8.95. The van der Waals surface area contributed by atoms with Crippen molar-refractivity contribution in [2.75, 3.05) is 23.7 Å². The van der Waals surface area contributed by atoms with Gasteiger partial charge in [0, 0.05) is 24.8 Å². The van der Waals surface area contributed by atoms with Gasteiger partial charge in [0.15, 0.2) is 0 Å². The Hall–Kier alpha value is -2.95. The third-order valence-electron chi connectivity index (χ3n) is 4.03. The topological polar surface area (TPSA) is 49.8 Å². The molecule has 2 N–H and O–H groups in total. The molecule has 0 fully saturated rings. The van der Waals surface area contributed by atoms with Crippen molar-refractivity contribution < 1.29 is 4.39 Å². The molecule has 0 atom stereocenters. The first-order chi connectivity index (χ1) is 12.7. The fraction of sp³-hybridized carbons (Fsp3) is 0.238. The van der Waals surface area contributed by atoms with Gasteiger partial charge in [-0.05, 0) is 43.0 Å². The van der Waals surface area contributed by atoms with E-state index in [9.17, 15) is 4.39 Å². The molecule has 26 heavy (non-hydrogen) atoms. The number of anilines is 2. The maximum Gasteiger partial charge on any atom is 0.224 e. The highest BCUT2D eigenvalue weighted by Gasteiger charge is 2.02. The van der Waals surface area contributed by atoms with Gasteiger partial charge < -0.3 is 10.6 Å². The Morgan fingerprint density at radius 2 is 1.46 bits per heavy atom. The predicted octanol–water partition coefficient (Wildman–Crippen LogP) is 4.23. The maximum absolute atomic E-state index is 12.9. The summed E-state index contributed by atoms with van der Waals surface area (Å²) in [7, 11) is 0. The van der Waals surface area contributed by atoms with Gasteiger partial charge in [-0.2, -0.15) is 4.98 Å². The van der Waals surface area contributed by atoms with Crippen LogP contribution in [0.15, 0.2) is 60.7 Å². The third-order valence-corrected chi connectivity index (χ3v) is 4.03. The molecule has 134 valence electrons. The number of hydrogen-bond acceptors (Lipinski definition) is 4. The van der Waals surface area contributed by atoms with Crippen molar-refractivity contribution in [1.82, 2.24) is 9.97 Å². The van der Waals surface area contributed by atoms with Crippen LogP contribution >= 0.6 is 0 Å². The SMILES string of the molecule is Cc1cc(NCCc2ccc(F)cc2)nc(NCCc2ccccc2)n1. The molecule has 0 spiro atoms. The molecule has 0 saturated heterocycles. The Morgan fingerprint density at radius 3 is 2.19 bits per heavy atom. The van der Waals surface area contributed by atoms with Gasteiger partial charge in [-0.15, -0.1) is 0 Å². The van der Waals surface area contributed by atoms with Crippen LogP contribution in [0.4, 0.5) is 16.2 Å². The number of rotatable bonds is 8. The first-order valence-electron chi connectivity index (χ1n) is 8.81. The summed E-state index contributed by atoms with van der Waals surface area (Å²) in [5, 5.41) is 6.60. The van der Waals surface area contributed by atoms with Gasteiger partial charge in [-0.25, -0.2) is 9.37 Å². The zero-order valence-electron chi connectivity index (χ0n) is 14.9. The van der Waals surface area contributed by atoms with Crippen LogP contribution in [-0.2, 0) is 12.8 Å². The summed E-state index contributed by atoms with van der Waals surface area (Å²) in [5.74, 6) is 1.21. The van der Waals surface area contributed by atoms with Crippen LogP contribution in [0.2, 0.25) is 0 Å². The van der Waals surface area contributed by atoms with Crippen LogP contribution in [0.1, 0.15) is 16.8 Å². The zero-order valence-corrected chi connectivity index (χ0v) is 14.9. The van der Waals surface area contributed by atoms with Crippen molar-refractivity contribution >= 4 is 11.8 Å². The Balaban J connectivity index is 1.51. The zero-order chi connectivity index (χ0) is 18.2. The molecule has 4 nitrogen and oxygen atoms in total. The molecule has 0 aliphatic carbocycles. The van der Waals surface area contributed by atoms with Crippen LogP contribution in [0.3, 0.4) is 0 Å². The molecule has 0 unspecified atom stereocenters. The second-order valence-corrected chi connectivity index (χ2v) is 6.18. The first kappa shape index (κ1) is 17.9. The lowest BCUT2D eigenvalue weighted by atomic mass is 10.1. The molecule has 0 saturated carbocycles. The molecule has 0 amide bonds. The number of benzene rings is 2. The van der Waals surface area contributed by atoms with Crippen LogP contribution in [0.5, 0.6) is 0 Å². The lowest BCUT2D eigenvalue weighted by Crippen LogP contribution is -2.12. The van der Waals surface area contributed by atoms with Crippen molar-refractivity contribution in [3.8, 4) is 0 Å². The number of nitrogens with one attached hydrogen (secondary N) is 2. The summed E-state index contributed by atoms with van der Waals surface area (Å²) in [6.07, 6.45) is 1.73. The van der Waals surface area contributed by atoms with Crippen LogP contribution in [-0.4, -0.2) is 23.1 Å². The van der Waals surface area contributed by atoms with E-state index in [1.54, 1.807) is 12.1 Å². The van der Waals surface area contributed by atoms with Crippen molar-refractivity contribution in [3.05, 3.63) is 83.3 Å². The summed E-state index contributed by atoms with van der Waals surface area (Å²) in [6, 6.07) is 18.8. The molecule has 1 heterocycles. The predicted molar refractivity (Wildman–Crippen MR) is 104 cm³/mol. The number of aryl methyl sites for hydroxylation is 1. The highest BCUT2D eigenvalue weighted by Crippen LogP contribution is 2.11. The molecule has 2 aromatic carbocycles. The second kappa shape index (κ2) is 8.94. The largest absolute Gasteiger partial charge is 0.370 e. The molecule has 0 radical (unpaired) electrons. The van der Waals surface area contributed by atoms with E-state index in [-0.39, 0.29) is 5.82 Å². The molecule has 1 aromatic heterocycles. The van der Waals surface area contributed by atoms with Crippen molar-refractivity contribution in [2.24, 2.45) is 0 Å². The number of halogens is 1. The minimum Gasteiger partial charge on any atom is -0.370 e. The molecular formula is C21H23FN4. The summed E-state index contributed by atoms with van der Waals surface area (Å²) in [6.45, 7) is 3.46. The minimum atomic E-state index is -0.209. The van der Waals surface area contributed by atoms with Gasteiger partial charge >= 0.3 is 0 Å². The number of aromatic nitrogens is 2. The first-order valence-corrected chi connectivity index (χ1v) is 8.81. The number of nitrogens with zero attached hydrogens (tertiary/aromatic N) is 2. The van der Waals surface area contributed by atoms with Gasteiger partial charge in [0.25, 0.3) is 0 Å². The van der Waals surface area contributed by atoms with Crippen molar-refractivity contribution in [2.45, 2.75) is 19.8 Å². The molecule has 0 aliphatic rings. The third kappa shape index (κ3) is 5.55. The van der Waals surface area contributed by atoms with Gasteiger partial charge in [-0.3, -0.25) is 0 Å². The molecule has 0 bridgehead atoms. The molecular weight excluding hydrogens is 327 g/mol. The summed E-state index contributed by atoms with van der Waals surface area (Å²) >= 11 is 0. The van der Waals surface area contributed by atoms with E-state index >= 15 is 0 Å². The van der Waals surface area contributed by atoms with Crippen molar-refractivity contribution in [1.29, 1.82) is 0 Å². The maximum atomic E-state index is 12.9. The Bertz CT molecular complexity index is 819. The average molecular weight is 350 g/mol. The van der Waals surface area contributed by atoms with E-state index < -0.39 is 0 Å². The second-order valence-electron chi connectivity index (χ2n) is 6.18. The lowest BCUT2D eigenvalue weighted by Gasteiger charge is -2.10. The van der Waals surface area contributed by atoms with E-state index in [0.717, 1.165) is 43.0 Å². The van der Waals surface area contributed by atoms with Gasteiger partial charge in [0.1, 0.15) is 11.6 Å². The molecule has 3 aromatic rings. The smallest absolute Gasteiger partial charge is 0.224 e. The fourth-order valence-corrected chi connectivity index (χ4v) is 2.69. The van der Waals surface area contributed by atoms with E-state index in [1.165, 1.54) is 17.7 Å². The van der Waals surface area contributed by atoms with Crippen LogP contribution in [0, 0.1) is 12.7 Å². The average Bonchev–Trinajstić information content (AvgIpc) is 2.64. The van der Waals surface area contributed by atoms with Crippen molar-refractivity contribution in [3.63, 3.8) is 0 Å². The molecule has 0 aliphatic heterocycles. The molecule has 3 rings (SSSR count). The highest BCUT2D eigenvalue weighted by atomic mass is 19.1. The Kier molecular flexibility index (Phi) is 6.14. The number of hydrogen-bond donors (Lipinski definition) is 2. The summed E-state index contributed by atoms with van der Waals surface area (Å²) in [5.41, 5.74) is 3.28. The van der Waals surface area contributed by atoms with E-state index in [4.69, 9.17) is 0 Å². The van der Waals surface area contributed by atoms with E-state index in [0.29, 0.717) is 5.95 Å². The summed E-state index contributed by atoms with van der Waals surface area (Å²) < 4.78 is 12.9. The van der Waals surface area contributed by atoms with E-state index in [1.807, 2.05) is 31.2 Å². The quantitative estimate of drug-likeness (QED) is 0.638. The minimum absolute atomic E-state index is 0.209. The monoisotopic (exact) mass is 350 g/mol. The Morgan fingerprint density at radius 1 is 0.808 bits per heavy atom. The highest BCUT2D eigenvalue weighted by molar-refractivity contribution is 5.42. The van der Waals surface area contributed by atoms with Crippen LogP contribution < -0.4 is 10.6 Å². The lowest BCUT2D eigenvalue weighted by molar-refractivity contribution is 0.627. The Labute approximate surface area is 153 Å². The van der Waals surface area contributed by atoms with E-state index in [2.05, 4.69) is 32.7 Å². The normalized spacial score (nSPS) is 10.5. The fourth-order valence-electron chi connectivity index (χ4n) is 2.69. The van der Waals surface area contributed by atoms with Gasteiger partial charge in [0.2, 0.25) is 5.95 Å². The van der Waals surface area contributed by atoms with Gasteiger partial charge in [0.05, 0.1) is 0 Å². The molecule has 5 heteroatoms. The van der Waals surface area contributed by atoms with Gasteiger partial charge in [-0.1, -0.05) is 42.5 Å². The van der Waals surface area contributed by atoms with Crippen LogP contribution in [0.25, 0.3) is 0 Å².